The maximum absolute atomic E-state index is 12.0. The highest BCUT2D eigenvalue weighted by Gasteiger charge is 2.33. The van der Waals surface area contributed by atoms with Gasteiger partial charge < -0.3 is 10.6 Å². The van der Waals surface area contributed by atoms with Gasteiger partial charge in [-0.2, -0.15) is 0 Å². The first-order valence-electron chi connectivity index (χ1n) is 5.33. The summed E-state index contributed by atoms with van der Waals surface area (Å²) in [6.45, 7) is 2.34. The quantitative estimate of drug-likeness (QED) is 0.819. The smallest absolute Gasteiger partial charge is 0.255 e. The molecule has 0 aromatic heterocycles. The van der Waals surface area contributed by atoms with E-state index < -0.39 is 11.9 Å². The molecule has 2 amide bonds. The lowest BCUT2D eigenvalue weighted by Crippen LogP contribution is -2.44. The number of rotatable bonds is 3. The maximum Gasteiger partial charge on any atom is 0.255 e. The van der Waals surface area contributed by atoms with E-state index >= 15 is 0 Å². The van der Waals surface area contributed by atoms with Crippen molar-refractivity contribution in [3.8, 4) is 0 Å². The molecule has 0 saturated heterocycles. The number of amides is 2. The van der Waals surface area contributed by atoms with Gasteiger partial charge >= 0.3 is 0 Å². The van der Waals surface area contributed by atoms with Crippen molar-refractivity contribution in [3.63, 3.8) is 0 Å². The second-order valence-corrected chi connectivity index (χ2v) is 3.92. The minimum atomic E-state index is -0.500. The van der Waals surface area contributed by atoms with E-state index in [1.807, 2.05) is 25.1 Å². The summed E-state index contributed by atoms with van der Waals surface area (Å²) in [4.78, 5) is 24.8. The second-order valence-electron chi connectivity index (χ2n) is 3.92. The van der Waals surface area contributed by atoms with Crippen molar-refractivity contribution in [2.75, 3.05) is 0 Å². The van der Waals surface area contributed by atoms with Crippen molar-refractivity contribution >= 4 is 11.8 Å². The first kappa shape index (κ1) is 10.7. The van der Waals surface area contributed by atoms with E-state index in [2.05, 4.69) is 0 Å². The molecule has 1 heterocycles. The van der Waals surface area contributed by atoms with Crippen molar-refractivity contribution in [1.82, 2.24) is 4.90 Å². The summed E-state index contributed by atoms with van der Waals surface area (Å²) < 4.78 is 0. The number of carbonyl (C=O) groups is 2. The number of benzene rings is 1. The van der Waals surface area contributed by atoms with Crippen LogP contribution in [0, 0.1) is 0 Å². The van der Waals surface area contributed by atoms with E-state index in [1.54, 1.807) is 11.0 Å². The summed E-state index contributed by atoms with van der Waals surface area (Å²) in [6, 6.07) is 6.90. The van der Waals surface area contributed by atoms with Gasteiger partial charge in [0.2, 0.25) is 5.91 Å². The van der Waals surface area contributed by atoms with Crippen LogP contribution in [0.15, 0.2) is 24.3 Å². The van der Waals surface area contributed by atoms with Crippen LogP contribution in [0.1, 0.15) is 29.3 Å². The summed E-state index contributed by atoms with van der Waals surface area (Å²) in [5.41, 5.74) is 6.94. The van der Waals surface area contributed by atoms with E-state index in [0.29, 0.717) is 18.5 Å². The molecule has 2 rings (SSSR count). The molecular weight excluding hydrogens is 204 g/mol. The molecule has 0 saturated carbocycles. The lowest BCUT2D eigenvalue weighted by Gasteiger charge is -2.23. The van der Waals surface area contributed by atoms with Crippen LogP contribution in [0.2, 0.25) is 0 Å². The SMILES string of the molecule is CC[C@@H](C(N)=O)N1Cc2ccccc2C1=O. The lowest BCUT2D eigenvalue weighted by atomic mass is 10.1. The zero-order valence-electron chi connectivity index (χ0n) is 9.14. The Labute approximate surface area is 94.0 Å². The van der Waals surface area contributed by atoms with Gasteiger partial charge in [-0.15, -0.1) is 0 Å². The third-order valence-corrected chi connectivity index (χ3v) is 2.94. The van der Waals surface area contributed by atoms with Crippen LogP contribution in [-0.4, -0.2) is 22.8 Å². The van der Waals surface area contributed by atoms with Crippen molar-refractivity contribution in [1.29, 1.82) is 0 Å². The molecule has 4 heteroatoms. The molecule has 1 atom stereocenters. The van der Waals surface area contributed by atoms with Crippen LogP contribution in [0.4, 0.5) is 0 Å². The molecule has 0 fully saturated rings. The standard InChI is InChI=1S/C12H14N2O2/c1-2-10(11(13)15)14-7-8-5-3-4-6-9(8)12(14)16/h3-6,10H,2,7H2,1H3,(H2,13,15)/t10-/m0/s1. The zero-order valence-corrected chi connectivity index (χ0v) is 9.14. The number of nitrogens with two attached hydrogens (primary N) is 1. The van der Waals surface area contributed by atoms with E-state index in [1.165, 1.54) is 0 Å². The number of fused-ring (bicyclic) bond motifs is 1. The summed E-state index contributed by atoms with van der Waals surface area (Å²) >= 11 is 0. The van der Waals surface area contributed by atoms with E-state index in [0.717, 1.165) is 5.56 Å². The highest BCUT2D eigenvalue weighted by Crippen LogP contribution is 2.25. The van der Waals surface area contributed by atoms with Crippen molar-refractivity contribution in [2.45, 2.75) is 25.9 Å². The van der Waals surface area contributed by atoms with Gasteiger partial charge in [-0.25, -0.2) is 0 Å². The fourth-order valence-electron chi connectivity index (χ4n) is 2.10. The molecule has 0 unspecified atom stereocenters. The Bertz CT molecular complexity index is 442. The molecular formula is C12H14N2O2. The molecule has 0 aliphatic carbocycles. The van der Waals surface area contributed by atoms with Crippen molar-refractivity contribution < 1.29 is 9.59 Å². The van der Waals surface area contributed by atoms with Crippen molar-refractivity contribution in [2.24, 2.45) is 5.73 Å². The van der Waals surface area contributed by atoms with E-state index in [-0.39, 0.29) is 5.91 Å². The molecule has 1 aliphatic heterocycles. The van der Waals surface area contributed by atoms with Crippen LogP contribution in [0.3, 0.4) is 0 Å². The van der Waals surface area contributed by atoms with Crippen molar-refractivity contribution in [3.05, 3.63) is 35.4 Å². The van der Waals surface area contributed by atoms with E-state index in [9.17, 15) is 9.59 Å². The molecule has 1 aliphatic rings. The van der Waals surface area contributed by atoms with Gasteiger partial charge in [0.15, 0.2) is 0 Å². The number of primary amides is 1. The summed E-state index contributed by atoms with van der Waals surface area (Å²) in [6.07, 6.45) is 0.551. The van der Waals surface area contributed by atoms with Crippen LogP contribution in [0.25, 0.3) is 0 Å². The summed E-state index contributed by atoms with van der Waals surface area (Å²) in [7, 11) is 0. The monoisotopic (exact) mass is 218 g/mol. The molecule has 16 heavy (non-hydrogen) atoms. The second kappa shape index (κ2) is 3.96. The highest BCUT2D eigenvalue weighted by atomic mass is 16.2. The van der Waals surface area contributed by atoms with Gasteiger partial charge in [0.25, 0.3) is 5.91 Å². The maximum atomic E-state index is 12.0. The average Bonchev–Trinajstić information content (AvgIpc) is 2.58. The minimum absolute atomic E-state index is 0.0961. The summed E-state index contributed by atoms with van der Waals surface area (Å²) in [5.74, 6) is -0.537. The molecule has 2 N–H and O–H groups in total. The van der Waals surface area contributed by atoms with Gasteiger partial charge in [-0.3, -0.25) is 9.59 Å². The molecule has 1 aromatic carbocycles. The Morgan fingerprint density at radius 1 is 1.50 bits per heavy atom. The van der Waals surface area contributed by atoms with Crippen LogP contribution in [0.5, 0.6) is 0 Å². The fourth-order valence-corrected chi connectivity index (χ4v) is 2.10. The average molecular weight is 218 g/mol. The number of nitrogens with zero attached hydrogens (tertiary/aromatic N) is 1. The molecule has 4 nitrogen and oxygen atoms in total. The third-order valence-electron chi connectivity index (χ3n) is 2.94. The molecule has 0 bridgehead atoms. The fraction of sp³-hybridized carbons (Fsp3) is 0.333. The predicted molar refractivity (Wildman–Crippen MR) is 59.6 cm³/mol. The Balaban J connectivity index is 2.31. The predicted octanol–water partition coefficient (Wildman–Crippen LogP) is 0.906. The molecule has 1 aromatic rings. The third kappa shape index (κ3) is 1.56. The Morgan fingerprint density at radius 3 is 2.75 bits per heavy atom. The topological polar surface area (TPSA) is 63.4 Å². The van der Waals surface area contributed by atoms with Gasteiger partial charge in [0, 0.05) is 12.1 Å². The van der Waals surface area contributed by atoms with E-state index in [4.69, 9.17) is 5.73 Å². The minimum Gasteiger partial charge on any atom is -0.368 e. The normalized spacial score (nSPS) is 16.1. The van der Waals surface area contributed by atoms with Gasteiger partial charge in [0.1, 0.15) is 6.04 Å². The van der Waals surface area contributed by atoms with Gasteiger partial charge in [-0.1, -0.05) is 25.1 Å². The van der Waals surface area contributed by atoms with Crippen LogP contribution >= 0.6 is 0 Å². The zero-order chi connectivity index (χ0) is 11.7. The number of hydrogen-bond acceptors (Lipinski definition) is 2. The Morgan fingerprint density at radius 2 is 2.19 bits per heavy atom. The molecule has 84 valence electrons. The number of hydrogen-bond donors (Lipinski definition) is 1. The Kier molecular flexibility index (Phi) is 2.64. The first-order valence-corrected chi connectivity index (χ1v) is 5.33. The van der Waals surface area contributed by atoms with Gasteiger partial charge in [-0.05, 0) is 18.1 Å². The lowest BCUT2D eigenvalue weighted by molar-refractivity contribution is -0.122. The molecule has 0 radical (unpaired) electrons. The van der Waals surface area contributed by atoms with Gasteiger partial charge in [0.05, 0.1) is 0 Å². The Hall–Kier alpha value is -1.84. The molecule has 0 spiro atoms. The van der Waals surface area contributed by atoms with Crippen LogP contribution in [-0.2, 0) is 11.3 Å². The summed E-state index contributed by atoms with van der Waals surface area (Å²) in [5, 5.41) is 0. The van der Waals surface area contributed by atoms with Crippen LogP contribution < -0.4 is 5.73 Å². The first-order chi connectivity index (χ1) is 7.65. The largest absolute Gasteiger partial charge is 0.368 e. The highest BCUT2D eigenvalue weighted by molar-refractivity contribution is 6.00. The number of carbonyl (C=O) groups excluding carboxylic acids is 2.